The van der Waals surface area contributed by atoms with Crippen molar-refractivity contribution in [3.63, 3.8) is 0 Å². The number of thioether (sulfide) groups is 1. The van der Waals surface area contributed by atoms with Gasteiger partial charge in [0.05, 0.1) is 18.4 Å². The summed E-state index contributed by atoms with van der Waals surface area (Å²) in [5.41, 5.74) is 1.39. The Morgan fingerprint density at radius 1 is 1.18 bits per heavy atom. The van der Waals surface area contributed by atoms with Crippen molar-refractivity contribution >= 4 is 23.6 Å². The zero-order valence-corrected chi connectivity index (χ0v) is 12.8. The van der Waals surface area contributed by atoms with E-state index in [0.29, 0.717) is 17.3 Å². The molecule has 1 N–H and O–H groups in total. The minimum atomic E-state index is -0.380. The van der Waals surface area contributed by atoms with E-state index in [4.69, 9.17) is 0 Å². The highest BCUT2D eigenvalue weighted by Gasteiger charge is 2.06. The molecule has 0 bridgehead atoms. The standard InChI is InChI=1S/C15H15N3O3S/c1-21-14(20)12-5-3-11(4-6-12)9-18-13(19)10-22-15-16-7-2-8-17-15/h2-8H,9-10H2,1H3,(H,18,19). The van der Waals surface area contributed by atoms with Crippen LogP contribution in [-0.4, -0.2) is 34.7 Å². The van der Waals surface area contributed by atoms with Gasteiger partial charge < -0.3 is 10.1 Å². The van der Waals surface area contributed by atoms with E-state index in [0.717, 1.165) is 5.56 Å². The molecule has 1 heterocycles. The van der Waals surface area contributed by atoms with Crippen molar-refractivity contribution < 1.29 is 14.3 Å². The number of benzene rings is 1. The van der Waals surface area contributed by atoms with E-state index in [1.54, 1.807) is 42.7 Å². The minimum absolute atomic E-state index is 0.102. The van der Waals surface area contributed by atoms with E-state index in [9.17, 15) is 9.59 Å². The van der Waals surface area contributed by atoms with E-state index in [1.807, 2.05) is 0 Å². The summed E-state index contributed by atoms with van der Waals surface area (Å²) in [6, 6.07) is 8.61. The van der Waals surface area contributed by atoms with E-state index >= 15 is 0 Å². The van der Waals surface area contributed by atoms with Crippen LogP contribution in [0.3, 0.4) is 0 Å². The first-order valence-corrected chi connectivity index (χ1v) is 7.51. The van der Waals surface area contributed by atoms with Crippen molar-refractivity contribution in [2.24, 2.45) is 0 Å². The fourth-order valence-corrected chi connectivity index (χ4v) is 2.25. The fraction of sp³-hybridized carbons (Fsp3) is 0.200. The second-order valence-corrected chi connectivity index (χ2v) is 5.23. The third-order valence-corrected chi connectivity index (χ3v) is 3.61. The normalized spacial score (nSPS) is 10.0. The Bertz CT molecular complexity index is 632. The van der Waals surface area contributed by atoms with Gasteiger partial charge in [0.2, 0.25) is 5.91 Å². The van der Waals surface area contributed by atoms with Crippen molar-refractivity contribution in [1.82, 2.24) is 15.3 Å². The predicted octanol–water partition coefficient (Wildman–Crippen LogP) is 1.67. The van der Waals surface area contributed by atoms with Crippen LogP contribution < -0.4 is 5.32 Å². The van der Waals surface area contributed by atoms with Crippen LogP contribution >= 0.6 is 11.8 Å². The van der Waals surface area contributed by atoms with Gasteiger partial charge in [-0.05, 0) is 23.8 Å². The zero-order chi connectivity index (χ0) is 15.8. The van der Waals surface area contributed by atoms with Gasteiger partial charge in [-0.2, -0.15) is 0 Å². The van der Waals surface area contributed by atoms with Gasteiger partial charge in [-0.25, -0.2) is 14.8 Å². The molecule has 0 saturated carbocycles. The SMILES string of the molecule is COC(=O)c1ccc(CNC(=O)CSc2ncccn2)cc1. The van der Waals surface area contributed by atoms with Gasteiger partial charge in [-0.1, -0.05) is 23.9 Å². The molecule has 0 saturated heterocycles. The van der Waals surface area contributed by atoms with Gasteiger partial charge in [0.1, 0.15) is 0 Å². The van der Waals surface area contributed by atoms with Gasteiger partial charge in [-0.3, -0.25) is 4.79 Å². The number of nitrogens with one attached hydrogen (secondary N) is 1. The zero-order valence-electron chi connectivity index (χ0n) is 12.0. The van der Waals surface area contributed by atoms with Gasteiger partial charge >= 0.3 is 5.97 Å². The Morgan fingerprint density at radius 2 is 1.86 bits per heavy atom. The lowest BCUT2D eigenvalue weighted by Gasteiger charge is -2.06. The maximum Gasteiger partial charge on any atom is 0.337 e. The number of methoxy groups -OCH3 is 1. The number of nitrogens with zero attached hydrogens (tertiary/aromatic N) is 2. The third-order valence-electron chi connectivity index (χ3n) is 2.74. The molecule has 0 radical (unpaired) electrons. The molecule has 2 aromatic rings. The lowest BCUT2D eigenvalue weighted by atomic mass is 10.1. The molecular formula is C15H15N3O3S. The third kappa shape index (κ3) is 4.85. The van der Waals surface area contributed by atoms with Crippen molar-refractivity contribution in [2.75, 3.05) is 12.9 Å². The number of hydrogen-bond acceptors (Lipinski definition) is 6. The molecular weight excluding hydrogens is 302 g/mol. The van der Waals surface area contributed by atoms with E-state index in [-0.39, 0.29) is 17.6 Å². The van der Waals surface area contributed by atoms with Crippen molar-refractivity contribution in [3.8, 4) is 0 Å². The van der Waals surface area contributed by atoms with E-state index < -0.39 is 0 Å². The second-order valence-electron chi connectivity index (χ2n) is 4.29. The molecule has 22 heavy (non-hydrogen) atoms. The maximum atomic E-state index is 11.7. The van der Waals surface area contributed by atoms with E-state index in [2.05, 4.69) is 20.0 Å². The average Bonchev–Trinajstić information content (AvgIpc) is 2.58. The fourth-order valence-electron chi connectivity index (χ4n) is 1.62. The van der Waals surface area contributed by atoms with Gasteiger partial charge in [-0.15, -0.1) is 0 Å². The smallest absolute Gasteiger partial charge is 0.337 e. The first kappa shape index (κ1) is 16.0. The van der Waals surface area contributed by atoms with Crippen LogP contribution in [-0.2, 0) is 16.1 Å². The highest BCUT2D eigenvalue weighted by atomic mass is 32.2. The van der Waals surface area contributed by atoms with Crippen LogP contribution in [0.1, 0.15) is 15.9 Å². The topological polar surface area (TPSA) is 81.2 Å². The average molecular weight is 317 g/mol. The highest BCUT2D eigenvalue weighted by Crippen LogP contribution is 2.10. The maximum absolute atomic E-state index is 11.7. The number of hydrogen-bond donors (Lipinski definition) is 1. The highest BCUT2D eigenvalue weighted by molar-refractivity contribution is 7.99. The van der Waals surface area contributed by atoms with Crippen LogP contribution in [0, 0.1) is 0 Å². The molecule has 0 atom stereocenters. The Morgan fingerprint density at radius 3 is 2.50 bits per heavy atom. The molecule has 6 nitrogen and oxygen atoms in total. The minimum Gasteiger partial charge on any atom is -0.465 e. The van der Waals surface area contributed by atoms with Gasteiger partial charge in [0.25, 0.3) is 0 Å². The van der Waals surface area contributed by atoms with Crippen LogP contribution in [0.2, 0.25) is 0 Å². The number of esters is 1. The Labute approximate surface area is 132 Å². The summed E-state index contributed by atoms with van der Waals surface area (Å²) in [6.45, 7) is 0.399. The molecule has 1 aromatic heterocycles. The molecule has 0 aliphatic heterocycles. The lowest BCUT2D eigenvalue weighted by molar-refractivity contribution is -0.118. The van der Waals surface area contributed by atoms with Gasteiger partial charge in [0, 0.05) is 18.9 Å². The molecule has 0 fully saturated rings. The summed E-state index contributed by atoms with van der Waals surface area (Å²) in [7, 11) is 1.34. The summed E-state index contributed by atoms with van der Waals surface area (Å²) < 4.78 is 4.63. The van der Waals surface area contributed by atoms with Gasteiger partial charge in [0.15, 0.2) is 5.16 Å². The van der Waals surface area contributed by atoms with Crippen LogP contribution in [0.15, 0.2) is 47.9 Å². The molecule has 2 rings (SSSR count). The molecule has 0 aliphatic rings. The number of carbonyl (C=O) groups excluding carboxylic acids is 2. The molecule has 0 unspecified atom stereocenters. The summed E-state index contributed by atoms with van der Waals surface area (Å²) in [5, 5.41) is 3.37. The lowest BCUT2D eigenvalue weighted by Crippen LogP contribution is -2.24. The Hall–Kier alpha value is -2.41. The van der Waals surface area contributed by atoms with Crippen LogP contribution in [0.4, 0.5) is 0 Å². The van der Waals surface area contributed by atoms with Crippen LogP contribution in [0.25, 0.3) is 0 Å². The quantitative estimate of drug-likeness (QED) is 0.496. The first-order chi connectivity index (χ1) is 10.7. The van der Waals surface area contributed by atoms with Crippen molar-refractivity contribution in [2.45, 2.75) is 11.7 Å². The molecule has 1 amide bonds. The largest absolute Gasteiger partial charge is 0.465 e. The van der Waals surface area contributed by atoms with Crippen LogP contribution in [0.5, 0.6) is 0 Å². The van der Waals surface area contributed by atoms with Crippen molar-refractivity contribution in [1.29, 1.82) is 0 Å². The number of rotatable bonds is 6. The predicted molar refractivity (Wildman–Crippen MR) is 82.4 cm³/mol. The Balaban J connectivity index is 1.77. The summed E-state index contributed by atoms with van der Waals surface area (Å²) >= 11 is 1.28. The molecule has 0 spiro atoms. The number of amides is 1. The number of ether oxygens (including phenoxy) is 1. The summed E-state index contributed by atoms with van der Waals surface area (Å²) in [6.07, 6.45) is 3.27. The van der Waals surface area contributed by atoms with Crippen molar-refractivity contribution in [3.05, 3.63) is 53.9 Å². The molecule has 1 aromatic carbocycles. The first-order valence-electron chi connectivity index (χ1n) is 6.53. The van der Waals surface area contributed by atoms with E-state index in [1.165, 1.54) is 18.9 Å². The second kappa shape index (κ2) is 8.14. The number of carbonyl (C=O) groups is 2. The molecule has 7 heteroatoms. The monoisotopic (exact) mass is 317 g/mol. The molecule has 0 aliphatic carbocycles. The molecule has 114 valence electrons. The summed E-state index contributed by atoms with van der Waals surface area (Å²) in [4.78, 5) is 31.1. The summed E-state index contributed by atoms with van der Waals surface area (Å²) in [5.74, 6) is -0.228. The Kier molecular flexibility index (Phi) is 5.91. The number of aromatic nitrogens is 2.